The monoisotopic (exact) mass is 907 g/mol. The van der Waals surface area contributed by atoms with E-state index in [4.69, 9.17) is 14.2 Å². The fraction of sp³-hybridized carbons (Fsp3) is 0.321. The lowest BCUT2D eigenvalue weighted by Crippen LogP contribution is -2.52. The van der Waals surface area contributed by atoms with Gasteiger partial charge in [-0.05, 0) is 115 Å². The van der Waals surface area contributed by atoms with Crippen LogP contribution in [0.25, 0.3) is 10.9 Å². The zero-order chi connectivity index (χ0) is 46.5. The summed E-state index contributed by atoms with van der Waals surface area (Å²) in [4.78, 5) is 57.0. The highest BCUT2D eigenvalue weighted by atomic mass is 16.6. The van der Waals surface area contributed by atoms with E-state index in [1.807, 2.05) is 97.1 Å². The van der Waals surface area contributed by atoms with Crippen LogP contribution in [0.1, 0.15) is 76.0 Å². The van der Waals surface area contributed by atoms with E-state index < -0.39 is 36.2 Å². The molecule has 2 bridgehead atoms. The molecular weight excluding hydrogens is 851 g/mol. The van der Waals surface area contributed by atoms with Gasteiger partial charge in [0.15, 0.2) is 0 Å². The minimum Gasteiger partial charge on any atom is -0.506 e. The van der Waals surface area contributed by atoms with E-state index in [1.165, 1.54) is 12.1 Å². The van der Waals surface area contributed by atoms with Gasteiger partial charge in [-0.15, -0.1) is 0 Å². The summed E-state index contributed by atoms with van der Waals surface area (Å²) in [6.45, 7) is 4.06. The lowest BCUT2D eigenvalue weighted by Gasteiger charge is -2.43. The molecule has 0 radical (unpaired) electrons. The van der Waals surface area contributed by atoms with Crippen LogP contribution in [0.4, 0.5) is 4.79 Å². The summed E-state index contributed by atoms with van der Waals surface area (Å²) in [5.41, 5.74) is 4.33. The van der Waals surface area contributed by atoms with Gasteiger partial charge in [0.1, 0.15) is 30.3 Å². The summed E-state index contributed by atoms with van der Waals surface area (Å²) >= 11 is 0. The number of fused-ring (bicyclic) bond motifs is 4. The Labute approximate surface area is 389 Å². The number of benzene rings is 5. The Morgan fingerprint density at radius 2 is 1.54 bits per heavy atom. The Balaban J connectivity index is 0.814. The maximum Gasteiger partial charge on any atom is 0.408 e. The lowest BCUT2D eigenvalue weighted by atomic mass is 9.86. The van der Waals surface area contributed by atoms with Crippen LogP contribution in [-0.2, 0) is 27.3 Å². The molecule has 0 saturated carbocycles. The van der Waals surface area contributed by atoms with Crippen molar-refractivity contribution in [2.24, 2.45) is 5.92 Å². The van der Waals surface area contributed by atoms with E-state index >= 15 is 0 Å². The van der Waals surface area contributed by atoms with Crippen molar-refractivity contribution in [3.8, 4) is 11.5 Å². The summed E-state index contributed by atoms with van der Waals surface area (Å²) in [5.74, 6) is -0.0151. The SMILES string of the molecule is O=C(NC(c1ccccc1)c1cccc(OCc2ccc(C(=O)NC(Cc3ccccc3)C(=O)OCCCCNC[C@H](O)c3ccc(O)c4[nH]c(=O)ccc34)cc2)c1)O[C@H]1CN2CCC1CC2. The number of phenolic OH excluding ortho intramolecular Hbond substituents is 1. The van der Waals surface area contributed by atoms with Crippen LogP contribution < -0.4 is 26.2 Å². The van der Waals surface area contributed by atoms with Gasteiger partial charge in [0, 0.05) is 36.5 Å². The van der Waals surface area contributed by atoms with E-state index in [9.17, 15) is 29.4 Å². The first-order valence-electron chi connectivity index (χ1n) is 23.0. The molecule has 4 heterocycles. The molecule has 67 heavy (non-hydrogen) atoms. The number of hydrogen-bond donors (Lipinski definition) is 6. The van der Waals surface area contributed by atoms with Crippen molar-refractivity contribution in [1.82, 2.24) is 25.8 Å². The summed E-state index contributed by atoms with van der Waals surface area (Å²) in [5, 5.41) is 30.7. The largest absolute Gasteiger partial charge is 0.506 e. The number of amides is 2. The molecule has 3 saturated heterocycles. The number of rotatable bonds is 20. The van der Waals surface area contributed by atoms with Crippen LogP contribution in [0.3, 0.4) is 0 Å². The maximum atomic E-state index is 13.5. The van der Waals surface area contributed by atoms with Crippen LogP contribution in [0.15, 0.2) is 138 Å². The first kappa shape index (κ1) is 46.5. The number of piperidine rings is 3. The van der Waals surface area contributed by atoms with Crippen molar-refractivity contribution in [3.05, 3.63) is 177 Å². The first-order valence-corrected chi connectivity index (χ1v) is 23.0. The molecule has 14 nitrogen and oxygen atoms in total. The van der Waals surface area contributed by atoms with E-state index in [1.54, 1.807) is 24.3 Å². The molecule has 9 rings (SSSR count). The van der Waals surface area contributed by atoms with Crippen molar-refractivity contribution < 1.29 is 38.8 Å². The summed E-state index contributed by atoms with van der Waals surface area (Å²) in [7, 11) is 0. The topological polar surface area (TPSA) is 192 Å². The molecule has 0 spiro atoms. The van der Waals surface area contributed by atoms with Gasteiger partial charge in [0.25, 0.3) is 5.91 Å². The number of esters is 1. The molecular formula is C53H57N5O9. The third-order valence-corrected chi connectivity index (χ3v) is 12.5. The number of phenols is 1. The molecule has 2 unspecified atom stereocenters. The van der Waals surface area contributed by atoms with Crippen LogP contribution >= 0.6 is 0 Å². The predicted octanol–water partition coefficient (Wildman–Crippen LogP) is 6.71. The molecule has 3 aliphatic heterocycles. The number of ether oxygens (including phenoxy) is 3. The Morgan fingerprint density at radius 3 is 2.28 bits per heavy atom. The molecule has 6 N–H and O–H groups in total. The number of carbonyl (C=O) groups is 3. The maximum absolute atomic E-state index is 13.5. The Bertz CT molecular complexity index is 2650. The second-order valence-corrected chi connectivity index (χ2v) is 17.2. The molecule has 5 aromatic carbocycles. The number of pyridine rings is 1. The summed E-state index contributed by atoms with van der Waals surface area (Å²) in [6, 6.07) is 38.4. The second-order valence-electron chi connectivity index (χ2n) is 17.2. The molecule has 3 fully saturated rings. The first-order chi connectivity index (χ1) is 32.7. The number of aliphatic hydroxyl groups excluding tert-OH is 1. The molecule has 4 atom stereocenters. The number of aromatic hydroxyl groups is 1. The number of aromatic nitrogens is 1. The number of H-pyrrole nitrogens is 1. The average molecular weight is 908 g/mol. The number of unbranched alkanes of at least 4 members (excludes halogenated alkanes) is 1. The third-order valence-electron chi connectivity index (χ3n) is 12.5. The Kier molecular flexibility index (Phi) is 15.6. The fourth-order valence-corrected chi connectivity index (χ4v) is 8.85. The van der Waals surface area contributed by atoms with Gasteiger partial charge in [-0.25, -0.2) is 9.59 Å². The van der Waals surface area contributed by atoms with Crippen molar-refractivity contribution in [1.29, 1.82) is 0 Å². The van der Waals surface area contributed by atoms with E-state index in [0.717, 1.165) is 54.7 Å². The van der Waals surface area contributed by atoms with Gasteiger partial charge < -0.3 is 45.4 Å². The van der Waals surface area contributed by atoms with E-state index in [-0.39, 0.29) is 49.1 Å². The zero-order valence-electron chi connectivity index (χ0n) is 37.3. The number of alkyl carbamates (subject to hydrolysis) is 1. The van der Waals surface area contributed by atoms with Crippen molar-refractivity contribution in [2.75, 3.05) is 39.3 Å². The van der Waals surface area contributed by atoms with Gasteiger partial charge in [-0.1, -0.05) is 91.0 Å². The standard InChI is InChI=1S/C53H57N5O9/c59-45-22-20-42(43-21-23-48(61)56-50(43)45)46(60)32-54-26-7-8-29-65-52(63)44(30-35-10-3-1-4-11-35)55-51(62)39-18-16-36(17-19-39)34-66-41-15-9-14-40(31-41)49(38-12-5-2-6-13-38)57-53(64)67-47-33-58-27-24-37(47)25-28-58/h1-6,9-23,31,37,44,46-47,49,54,59-60H,7-8,24-30,32-34H2,(H,55,62)(H,56,61)(H,57,64)/t44?,46-,47-,49?/m0/s1. The van der Waals surface area contributed by atoms with Gasteiger partial charge in [-0.2, -0.15) is 0 Å². The summed E-state index contributed by atoms with van der Waals surface area (Å²) in [6.07, 6.45) is 2.12. The molecule has 2 amide bonds. The van der Waals surface area contributed by atoms with Crippen LogP contribution in [0, 0.1) is 5.92 Å². The third kappa shape index (κ3) is 12.5. The number of aliphatic hydroxyl groups is 1. The molecule has 348 valence electrons. The molecule has 0 aliphatic carbocycles. The number of carbonyl (C=O) groups excluding carboxylic acids is 3. The highest BCUT2D eigenvalue weighted by Gasteiger charge is 2.37. The number of nitrogens with one attached hydrogen (secondary N) is 4. The molecule has 6 aromatic rings. The number of nitrogens with zero attached hydrogens (tertiary/aromatic N) is 1. The molecule has 14 heteroatoms. The van der Waals surface area contributed by atoms with Crippen molar-refractivity contribution in [2.45, 2.75) is 63.0 Å². The minimum absolute atomic E-state index is 0.0733. The highest BCUT2D eigenvalue weighted by Crippen LogP contribution is 2.31. The highest BCUT2D eigenvalue weighted by molar-refractivity contribution is 5.97. The quantitative estimate of drug-likeness (QED) is 0.0353. The van der Waals surface area contributed by atoms with Crippen LogP contribution in [0.5, 0.6) is 11.5 Å². The van der Waals surface area contributed by atoms with E-state index in [2.05, 4.69) is 25.8 Å². The Morgan fingerprint density at radius 1 is 0.791 bits per heavy atom. The van der Waals surface area contributed by atoms with E-state index in [0.29, 0.717) is 47.6 Å². The van der Waals surface area contributed by atoms with Gasteiger partial charge >= 0.3 is 12.1 Å². The normalized spacial score (nSPS) is 17.8. The number of hydrogen-bond acceptors (Lipinski definition) is 11. The molecule has 1 aromatic heterocycles. The lowest BCUT2D eigenvalue weighted by molar-refractivity contribution is -0.146. The van der Waals surface area contributed by atoms with Gasteiger partial charge in [-0.3, -0.25) is 14.5 Å². The Hall–Kier alpha value is -7.00. The van der Waals surface area contributed by atoms with Gasteiger partial charge in [0.05, 0.1) is 24.3 Å². The second kappa shape index (κ2) is 22.5. The minimum atomic E-state index is -0.926. The molecule has 3 aliphatic rings. The van der Waals surface area contributed by atoms with Gasteiger partial charge in [0.2, 0.25) is 5.56 Å². The zero-order valence-corrected chi connectivity index (χ0v) is 37.3. The van der Waals surface area contributed by atoms with Crippen LogP contribution in [-0.4, -0.2) is 89.5 Å². The average Bonchev–Trinajstić information content (AvgIpc) is 3.35. The predicted molar refractivity (Wildman–Crippen MR) is 254 cm³/mol. The number of aromatic amines is 1. The fourth-order valence-electron chi connectivity index (χ4n) is 8.85. The van der Waals surface area contributed by atoms with Crippen LogP contribution in [0.2, 0.25) is 0 Å². The summed E-state index contributed by atoms with van der Waals surface area (Å²) < 4.78 is 17.9. The van der Waals surface area contributed by atoms with Crippen molar-refractivity contribution >= 4 is 28.9 Å². The van der Waals surface area contributed by atoms with Crippen molar-refractivity contribution in [3.63, 3.8) is 0 Å². The smallest absolute Gasteiger partial charge is 0.408 e.